The Kier molecular flexibility index (Phi) is 4.29. The van der Waals surface area contributed by atoms with Crippen LogP contribution in [0, 0.1) is 18.2 Å². The molecule has 2 aromatic carbocycles. The van der Waals surface area contributed by atoms with Crippen LogP contribution < -0.4 is 0 Å². The summed E-state index contributed by atoms with van der Waals surface area (Å²) in [5.41, 5.74) is 3.86. The van der Waals surface area contributed by atoms with Gasteiger partial charge in [0.15, 0.2) is 0 Å². The predicted molar refractivity (Wildman–Crippen MR) is 88.0 cm³/mol. The average Bonchev–Trinajstić information content (AvgIpc) is 2.97. The van der Waals surface area contributed by atoms with Crippen molar-refractivity contribution < 1.29 is 13.2 Å². The lowest BCUT2D eigenvalue weighted by Crippen LogP contribution is -2.22. The Morgan fingerprint density at radius 1 is 0.783 bits per heavy atom. The van der Waals surface area contributed by atoms with Crippen LogP contribution in [-0.2, 0) is 0 Å². The third-order valence-electron chi connectivity index (χ3n) is 4.63. The minimum Gasteiger partial charge on any atom is -0.250 e. The zero-order valence-corrected chi connectivity index (χ0v) is 13.1. The molecule has 0 bridgehead atoms. The van der Waals surface area contributed by atoms with E-state index in [0.29, 0.717) is 12.8 Å². The molecule has 120 valence electrons. The van der Waals surface area contributed by atoms with Crippen molar-refractivity contribution in [2.24, 2.45) is 5.41 Å². The highest BCUT2D eigenvalue weighted by molar-refractivity contribution is 5.93. The van der Waals surface area contributed by atoms with E-state index in [-0.39, 0.29) is 5.82 Å². The summed E-state index contributed by atoms with van der Waals surface area (Å²) >= 11 is 0. The summed E-state index contributed by atoms with van der Waals surface area (Å²) in [4.78, 5) is 0. The molecule has 0 saturated heterocycles. The van der Waals surface area contributed by atoms with Gasteiger partial charge in [-0.15, -0.1) is 0 Å². The Morgan fingerprint density at radius 3 is 1.65 bits per heavy atom. The maximum Gasteiger partial charge on any atom is 0.123 e. The van der Waals surface area contributed by atoms with Crippen molar-refractivity contribution in [1.29, 1.82) is 0 Å². The molecule has 23 heavy (non-hydrogen) atoms. The van der Waals surface area contributed by atoms with Crippen molar-refractivity contribution in [3.8, 4) is 0 Å². The van der Waals surface area contributed by atoms with E-state index in [1.54, 1.807) is 12.1 Å². The number of aryl methyl sites for hydroxylation is 1. The first-order valence-corrected chi connectivity index (χ1v) is 7.74. The van der Waals surface area contributed by atoms with Gasteiger partial charge in [0.1, 0.15) is 5.82 Å². The van der Waals surface area contributed by atoms with Gasteiger partial charge in [-0.2, -0.15) is 0 Å². The Morgan fingerprint density at radius 2 is 1.22 bits per heavy atom. The number of benzene rings is 2. The number of allylic oxidation sites excluding steroid dienone is 2. The second-order valence-corrected chi connectivity index (χ2v) is 6.45. The summed E-state index contributed by atoms with van der Waals surface area (Å²) in [6, 6.07) is 14.1. The van der Waals surface area contributed by atoms with Gasteiger partial charge in [0, 0.05) is 5.41 Å². The summed E-state index contributed by atoms with van der Waals surface area (Å²) in [5.74, 6) is -0.313. The van der Waals surface area contributed by atoms with Crippen LogP contribution in [0.2, 0.25) is 0 Å². The van der Waals surface area contributed by atoms with Crippen LogP contribution in [0.3, 0.4) is 0 Å². The standard InChI is InChI=1S/C20H19F3/c1-14-2-4-15(5-3-14)18-10-20(12-21,13-22)11-19(18)16-6-8-17(23)9-7-16/h2-9H,10-13H2,1H3. The molecule has 0 nitrogen and oxygen atoms in total. The zero-order chi connectivity index (χ0) is 16.4. The number of hydrogen-bond donors (Lipinski definition) is 0. The molecular weight excluding hydrogens is 297 g/mol. The lowest BCUT2D eigenvalue weighted by atomic mass is 9.85. The third-order valence-corrected chi connectivity index (χ3v) is 4.63. The molecule has 0 heterocycles. The first-order valence-electron chi connectivity index (χ1n) is 7.74. The van der Waals surface area contributed by atoms with Crippen LogP contribution in [0.25, 0.3) is 11.1 Å². The van der Waals surface area contributed by atoms with Crippen molar-refractivity contribution in [1.82, 2.24) is 0 Å². The topological polar surface area (TPSA) is 0 Å². The van der Waals surface area contributed by atoms with E-state index >= 15 is 0 Å². The number of rotatable bonds is 4. The van der Waals surface area contributed by atoms with Gasteiger partial charge >= 0.3 is 0 Å². The van der Waals surface area contributed by atoms with Crippen LogP contribution >= 0.6 is 0 Å². The SMILES string of the molecule is Cc1ccc(C2=C(c3ccc(F)cc3)CC(CF)(CF)C2)cc1. The fraction of sp³-hybridized carbons (Fsp3) is 0.300. The van der Waals surface area contributed by atoms with Gasteiger partial charge in [-0.25, -0.2) is 4.39 Å². The molecule has 0 amide bonds. The van der Waals surface area contributed by atoms with Crippen molar-refractivity contribution in [2.75, 3.05) is 13.3 Å². The van der Waals surface area contributed by atoms with E-state index in [1.807, 2.05) is 31.2 Å². The number of halogens is 3. The molecule has 1 aliphatic carbocycles. The minimum atomic E-state index is -0.982. The number of hydrogen-bond acceptors (Lipinski definition) is 0. The van der Waals surface area contributed by atoms with E-state index in [2.05, 4.69) is 0 Å². The molecule has 0 unspecified atom stereocenters. The largest absolute Gasteiger partial charge is 0.250 e. The molecule has 0 radical (unpaired) electrons. The van der Waals surface area contributed by atoms with Gasteiger partial charge in [-0.05, 0) is 54.2 Å². The van der Waals surface area contributed by atoms with Gasteiger partial charge in [0.25, 0.3) is 0 Å². The summed E-state index contributed by atoms with van der Waals surface area (Å²) < 4.78 is 40.3. The first kappa shape index (κ1) is 15.9. The summed E-state index contributed by atoms with van der Waals surface area (Å²) in [6.07, 6.45) is 0.713. The Labute approximate surface area is 134 Å². The molecule has 0 aliphatic heterocycles. The second-order valence-electron chi connectivity index (χ2n) is 6.45. The van der Waals surface area contributed by atoms with E-state index < -0.39 is 18.8 Å². The van der Waals surface area contributed by atoms with Gasteiger partial charge in [0.05, 0.1) is 13.3 Å². The van der Waals surface area contributed by atoms with E-state index in [4.69, 9.17) is 0 Å². The molecule has 0 aromatic heterocycles. The highest BCUT2D eigenvalue weighted by Gasteiger charge is 2.40. The maximum absolute atomic E-state index is 13.5. The second kappa shape index (κ2) is 6.23. The average molecular weight is 316 g/mol. The molecule has 3 heteroatoms. The molecule has 1 aliphatic rings. The van der Waals surface area contributed by atoms with Gasteiger partial charge in [-0.1, -0.05) is 42.0 Å². The molecule has 0 fully saturated rings. The van der Waals surface area contributed by atoms with Crippen LogP contribution in [0.1, 0.15) is 29.5 Å². The first-order chi connectivity index (χ1) is 11.1. The van der Waals surface area contributed by atoms with E-state index in [9.17, 15) is 13.2 Å². The summed E-state index contributed by atoms with van der Waals surface area (Å²) in [5, 5.41) is 0. The molecule has 0 atom stereocenters. The quantitative estimate of drug-likeness (QED) is 0.672. The molecular formula is C20H19F3. The third kappa shape index (κ3) is 3.05. The zero-order valence-electron chi connectivity index (χ0n) is 13.1. The fourth-order valence-corrected chi connectivity index (χ4v) is 3.21. The van der Waals surface area contributed by atoms with Crippen LogP contribution in [0.15, 0.2) is 48.5 Å². The lowest BCUT2D eigenvalue weighted by Gasteiger charge is -2.22. The smallest absolute Gasteiger partial charge is 0.123 e. The monoisotopic (exact) mass is 316 g/mol. The molecule has 2 aromatic rings. The molecule has 0 spiro atoms. The van der Waals surface area contributed by atoms with E-state index in [0.717, 1.165) is 27.8 Å². The van der Waals surface area contributed by atoms with Crippen LogP contribution in [-0.4, -0.2) is 13.3 Å². The van der Waals surface area contributed by atoms with Gasteiger partial charge < -0.3 is 0 Å². The molecule has 0 N–H and O–H groups in total. The summed E-state index contributed by atoms with van der Waals surface area (Å²) in [6.45, 7) is 0.619. The molecule has 3 rings (SSSR count). The Balaban J connectivity index is 2.09. The number of alkyl halides is 2. The van der Waals surface area contributed by atoms with Crippen molar-refractivity contribution >= 4 is 11.1 Å². The van der Waals surface area contributed by atoms with E-state index in [1.165, 1.54) is 12.1 Å². The van der Waals surface area contributed by atoms with Crippen LogP contribution in [0.5, 0.6) is 0 Å². The highest BCUT2D eigenvalue weighted by atomic mass is 19.1. The highest BCUT2D eigenvalue weighted by Crippen LogP contribution is 2.50. The van der Waals surface area contributed by atoms with Gasteiger partial charge in [0.2, 0.25) is 0 Å². The summed E-state index contributed by atoms with van der Waals surface area (Å²) in [7, 11) is 0. The van der Waals surface area contributed by atoms with Gasteiger partial charge in [-0.3, -0.25) is 8.78 Å². The fourth-order valence-electron chi connectivity index (χ4n) is 3.21. The minimum absolute atomic E-state index is 0.313. The predicted octanol–water partition coefficient (Wildman–Crippen LogP) is 5.76. The lowest BCUT2D eigenvalue weighted by molar-refractivity contribution is 0.170. The molecule has 0 saturated carbocycles. The Bertz CT molecular complexity index is 648. The van der Waals surface area contributed by atoms with Crippen LogP contribution in [0.4, 0.5) is 13.2 Å². The van der Waals surface area contributed by atoms with Crippen molar-refractivity contribution in [2.45, 2.75) is 19.8 Å². The van der Waals surface area contributed by atoms with Crippen molar-refractivity contribution in [3.63, 3.8) is 0 Å². The maximum atomic E-state index is 13.5. The Hall–Kier alpha value is -2.03. The van der Waals surface area contributed by atoms with Crippen molar-refractivity contribution in [3.05, 3.63) is 71.0 Å². The normalized spacial score (nSPS) is 16.9.